The first kappa shape index (κ1) is 21.4. The second-order valence-corrected chi connectivity index (χ2v) is 10.6. The number of rotatable bonds is 5. The minimum atomic E-state index is 0.132. The van der Waals surface area contributed by atoms with Gasteiger partial charge in [-0.3, -0.25) is 9.36 Å². The third-order valence-electron chi connectivity index (χ3n) is 6.40. The fourth-order valence-corrected chi connectivity index (χ4v) is 5.45. The van der Waals surface area contributed by atoms with Gasteiger partial charge < -0.3 is 4.90 Å². The lowest BCUT2D eigenvalue weighted by atomic mass is 9.86. The van der Waals surface area contributed by atoms with Crippen molar-refractivity contribution in [3.05, 3.63) is 29.8 Å². The van der Waals surface area contributed by atoms with E-state index in [0.717, 1.165) is 42.5 Å². The number of hydrogen-bond acceptors (Lipinski definition) is 4. The van der Waals surface area contributed by atoms with Crippen molar-refractivity contribution in [2.24, 2.45) is 0 Å². The van der Waals surface area contributed by atoms with E-state index in [9.17, 15) is 4.79 Å². The Bertz CT molecular complexity index is 856. The number of piperidine rings is 1. The average Bonchev–Trinajstić information content (AvgIpc) is 3.41. The Labute approximate surface area is 184 Å². The maximum absolute atomic E-state index is 12.7. The van der Waals surface area contributed by atoms with E-state index in [-0.39, 0.29) is 11.3 Å². The molecule has 0 atom stereocenters. The van der Waals surface area contributed by atoms with Gasteiger partial charge in [0.15, 0.2) is 11.0 Å². The highest BCUT2D eigenvalue weighted by atomic mass is 32.2. The number of amides is 1. The van der Waals surface area contributed by atoms with Gasteiger partial charge in [0.05, 0.1) is 5.75 Å². The van der Waals surface area contributed by atoms with Gasteiger partial charge in [-0.25, -0.2) is 0 Å². The molecule has 162 valence electrons. The van der Waals surface area contributed by atoms with Crippen molar-refractivity contribution in [3.8, 4) is 11.4 Å². The average molecular weight is 427 g/mol. The molecule has 2 fully saturated rings. The van der Waals surface area contributed by atoms with E-state index in [1.807, 2.05) is 4.90 Å². The molecule has 1 aromatic heterocycles. The highest BCUT2D eigenvalue weighted by molar-refractivity contribution is 7.99. The molecule has 30 heavy (non-hydrogen) atoms. The highest BCUT2D eigenvalue weighted by Crippen LogP contribution is 2.37. The molecule has 2 heterocycles. The quantitative estimate of drug-likeness (QED) is 0.596. The molecular formula is C24H34N4OS. The number of carbonyl (C=O) groups is 1. The lowest BCUT2D eigenvalue weighted by Crippen LogP contribution is -2.36. The van der Waals surface area contributed by atoms with E-state index in [4.69, 9.17) is 0 Å². The van der Waals surface area contributed by atoms with Crippen molar-refractivity contribution in [2.75, 3.05) is 18.8 Å². The molecule has 0 unspecified atom stereocenters. The van der Waals surface area contributed by atoms with Gasteiger partial charge in [-0.05, 0) is 43.1 Å². The summed E-state index contributed by atoms with van der Waals surface area (Å²) in [5.41, 5.74) is 2.56. The van der Waals surface area contributed by atoms with Crippen molar-refractivity contribution in [3.63, 3.8) is 0 Å². The van der Waals surface area contributed by atoms with E-state index < -0.39 is 0 Å². The first-order valence-corrected chi connectivity index (χ1v) is 12.4. The van der Waals surface area contributed by atoms with Crippen molar-refractivity contribution >= 4 is 17.7 Å². The van der Waals surface area contributed by atoms with Crippen LogP contribution in [0.4, 0.5) is 0 Å². The van der Waals surface area contributed by atoms with Gasteiger partial charge in [0.25, 0.3) is 0 Å². The predicted octanol–water partition coefficient (Wildman–Crippen LogP) is 5.46. The van der Waals surface area contributed by atoms with Crippen LogP contribution in [-0.4, -0.2) is 44.4 Å². The number of thioether (sulfide) groups is 1. The van der Waals surface area contributed by atoms with Crippen LogP contribution in [0.1, 0.15) is 77.3 Å². The molecule has 6 heteroatoms. The van der Waals surface area contributed by atoms with Crippen molar-refractivity contribution in [1.82, 2.24) is 19.7 Å². The first-order chi connectivity index (χ1) is 14.4. The first-order valence-electron chi connectivity index (χ1n) is 11.4. The second-order valence-electron chi connectivity index (χ2n) is 9.67. The molecule has 1 saturated carbocycles. The molecule has 0 N–H and O–H groups in total. The standard InChI is InChI=1S/C24H34N4OS/c1-24(2,3)19-13-11-18(12-14-19)22-25-26-23(28(22)20-9-5-6-10-20)30-17-21(29)27-15-7-4-8-16-27/h11-14,20H,4-10,15-17H2,1-3H3. The minimum absolute atomic E-state index is 0.132. The third-order valence-corrected chi connectivity index (χ3v) is 7.32. The molecule has 1 aromatic carbocycles. The van der Waals surface area contributed by atoms with Crippen LogP contribution in [0.15, 0.2) is 29.4 Å². The highest BCUT2D eigenvalue weighted by Gasteiger charge is 2.26. The lowest BCUT2D eigenvalue weighted by molar-refractivity contribution is -0.129. The van der Waals surface area contributed by atoms with E-state index in [0.29, 0.717) is 11.8 Å². The molecule has 0 spiro atoms. The zero-order valence-electron chi connectivity index (χ0n) is 18.6. The predicted molar refractivity (Wildman–Crippen MR) is 123 cm³/mol. The topological polar surface area (TPSA) is 51.0 Å². The van der Waals surface area contributed by atoms with E-state index in [1.165, 1.54) is 37.7 Å². The van der Waals surface area contributed by atoms with Gasteiger partial charge in [-0.2, -0.15) is 0 Å². The molecule has 1 saturated heterocycles. The minimum Gasteiger partial charge on any atom is -0.342 e. The third kappa shape index (κ3) is 4.74. The molecule has 0 radical (unpaired) electrons. The largest absolute Gasteiger partial charge is 0.342 e. The monoisotopic (exact) mass is 426 g/mol. The second kappa shape index (κ2) is 9.13. The normalized spacial score (nSPS) is 18.2. The van der Waals surface area contributed by atoms with Crippen LogP contribution >= 0.6 is 11.8 Å². The van der Waals surface area contributed by atoms with E-state index in [1.54, 1.807) is 11.8 Å². The van der Waals surface area contributed by atoms with Gasteiger partial charge >= 0.3 is 0 Å². The number of likely N-dealkylation sites (tertiary alicyclic amines) is 1. The molecule has 1 aliphatic carbocycles. The molecule has 0 bridgehead atoms. The van der Waals surface area contributed by atoms with Gasteiger partial charge in [0.2, 0.25) is 5.91 Å². The summed E-state index contributed by atoms with van der Waals surface area (Å²) in [6.07, 6.45) is 8.33. The summed E-state index contributed by atoms with van der Waals surface area (Å²) in [7, 11) is 0. The van der Waals surface area contributed by atoms with Crippen LogP contribution in [-0.2, 0) is 10.2 Å². The number of nitrogens with zero attached hydrogens (tertiary/aromatic N) is 4. The summed E-state index contributed by atoms with van der Waals surface area (Å²) in [4.78, 5) is 14.7. The van der Waals surface area contributed by atoms with Gasteiger partial charge in [-0.15, -0.1) is 10.2 Å². The van der Waals surface area contributed by atoms with Crippen molar-refractivity contribution in [2.45, 2.75) is 82.3 Å². The van der Waals surface area contributed by atoms with E-state index in [2.05, 4.69) is 59.8 Å². The van der Waals surface area contributed by atoms with E-state index >= 15 is 0 Å². The summed E-state index contributed by atoms with van der Waals surface area (Å²) in [5.74, 6) is 1.63. The fourth-order valence-electron chi connectivity index (χ4n) is 4.54. The molecule has 4 rings (SSSR count). The van der Waals surface area contributed by atoms with Gasteiger partial charge in [0, 0.05) is 24.7 Å². The summed E-state index contributed by atoms with van der Waals surface area (Å²) in [6.45, 7) is 8.51. The fraction of sp³-hybridized carbons (Fsp3) is 0.625. The van der Waals surface area contributed by atoms with Crippen molar-refractivity contribution in [1.29, 1.82) is 0 Å². The van der Waals surface area contributed by atoms with Crippen LogP contribution in [0, 0.1) is 0 Å². The summed E-state index contributed by atoms with van der Waals surface area (Å²) >= 11 is 1.56. The van der Waals surface area contributed by atoms with Crippen LogP contribution in [0.5, 0.6) is 0 Å². The van der Waals surface area contributed by atoms with Crippen molar-refractivity contribution < 1.29 is 4.79 Å². The Balaban J connectivity index is 1.56. The maximum atomic E-state index is 12.7. The molecule has 1 amide bonds. The van der Waals surface area contributed by atoms with Crippen LogP contribution in [0.3, 0.4) is 0 Å². The van der Waals surface area contributed by atoms with Gasteiger partial charge in [0.1, 0.15) is 0 Å². The van der Waals surface area contributed by atoms with Gasteiger partial charge in [-0.1, -0.05) is 69.6 Å². The SMILES string of the molecule is CC(C)(C)c1ccc(-c2nnc(SCC(=O)N3CCCCC3)n2C2CCCC2)cc1. The zero-order chi connectivity index (χ0) is 21.1. The maximum Gasteiger partial charge on any atom is 0.233 e. The zero-order valence-corrected chi connectivity index (χ0v) is 19.4. The molecule has 2 aliphatic rings. The molecule has 5 nitrogen and oxygen atoms in total. The summed E-state index contributed by atoms with van der Waals surface area (Å²) in [5, 5.41) is 10.0. The molecule has 1 aliphatic heterocycles. The number of aromatic nitrogens is 3. The van der Waals surface area contributed by atoms with Crippen LogP contribution < -0.4 is 0 Å². The number of carbonyl (C=O) groups excluding carboxylic acids is 1. The summed E-state index contributed by atoms with van der Waals surface area (Å²) < 4.78 is 2.31. The molecular weight excluding hydrogens is 392 g/mol. The number of hydrogen-bond donors (Lipinski definition) is 0. The Hall–Kier alpha value is -1.82. The lowest BCUT2D eigenvalue weighted by Gasteiger charge is -2.26. The summed E-state index contributed by atoms with van der Waals surface area (Å²) in [6, 6.07) is 9.18. The van der Waals surface area contributed by atoms with Crippen LogP contribution in [0.2, 0.25) is 0 Å². The Morgan fingerprint density at radius 1 is 1.00 bits per heavy atom. The Morgan fingerprint density at radius 3 is 2.30 bits per heavy atom. The Kier molecular flexibility index (Phi) is 6.51. The number of benzene rings is 1. The molecule has 2 aromatic rings. The van der Waals surface area contributed by atoms with Crippen LogP contribution in [0.25, 0.3) is 11.4 Å². The smallest absolute Gasteiger partial charge is 0.233 e. The Morgan fingerprint density at radius 2 is 1.67 bits per heavy atom.